The second kappa shape index (κ2) is 5.15. The van der Waals surface area contributed by atoms with E-state index >= 15 is 0 Å². The van der Waals surface area contributed by atoms with Crippen molar-refractivity contribution in [2.24, 2.45) is 0 Å². The van der Waals surface area contributed by atoms with E-state index in [4.69, 9.17) is 0 Å². The predicted octanol–water partition coefficient (Wildman–Crippen LogP) is 2.87. The Bertz CT molecular complexity index is 331. The van der Waals surface area contributed by atoms with Crippen LogP contribution in [0.4, 0.5) is 5.13 Å². The maximum Gasteiger partial charge on any atom is 0.183 e. The van der Waals surface area contributed by atoms with Crippen molar-refractivity contribution in [2.75, 3.05) is 5.32 Å². The zero-order chi connectivity index (χ0) is 11.5. The fourth-order valence-electron chi connectivity index (χ4n) is 2.15. The lowest BCUT2D eigenvalue weighted by Crippen LogP contribution is -2.32. The van der Waals surface area contributed by atoms with Crippen molar-refractivity contribution in [2.45, 2.75) is 58.1 Å². The highest BCUT2D eigenvalue weighted by molar-refractivity contribution is 7.15. The molecule has 2 unspecified atom stereocenters. The average molecular weight is 240 g/mol. The fraction of sp³-hybridized carbons (Fsp3) is 0.750. The Morgan fingerprint density at radius 2 is 2.00 bits per heavy atom. The van der Waals surface area contributed by atoms with Gasteiger partial charge in [-0.1, -0.05) is 19.3 Å². The Hall–Kier alpha value is -0.610. The van der Waals surface area contributed by atoms with Crippen molar-refractivity contribution >= 4 is 16.5 Å². The number of hydrogen-bond donors (Lipinski definition) is 2. The monoisotopic (exact) mass is 240 g/mol. The van der Waals surface area contributed by atoms with Crippen LogP contribution < -0.4 is 5.32 Å². The highest BCUT2D eigenvalue weighted by Crippen LogP contribution is 2.26. The van der Waals surface area contributed by atoms with Crippen LogP contribution in [0.1, 0.15) is 42.7 Å². The Morgan fingerprint density at radius 3 is 2.69 bits per heavy atom. The van der Waals surface area contributed by atoms with Crippen molar-refractivity contribution in [1.29, 1.82) is 0 Å². The molecule has 4 heteroatoms. The van der Waals surface area contributed by atoms with Crippen LogP contribution in [0.25, 0.3) is 0 Å². The van der Waals surface area contributed by atoms with Gasteiger partial charge in [-0.15, -0.1) is 11.3 Å². The summed E-state index contributed by atoms with van der Waals surface area (Å²) in [4.78, 5) is 5.72. The van der Waals surface area contributed by atoms with Crippen molar-refractivity contribution in [3.05, 3.63) is 10.6 Å². The van der Waals surface area contributed by atoms with Crippen LogP contribution in [0.15, 0.2) is 0 Å². The molecule has 1 aromatic heterocycles. The summed E-state index contributed by atoms with van der Waals surface area (Å²) in [6.45, 7) is 4.11. The number of anilines is 1. The first-order valence-corrected chi connectivity index (χ1v) is 6.87. The van der Waals surface area contributed by atoms with E-state index < -0.39 is 0 Å². The first-order valence-electron chi connectivity index (χ1n) is 6.05. The quantitative estimate of drug-likeness (QED) is 0.781. The van der Waals surface area contributed by atoms with E-state index in [0.717, 1.165) is 30.1 Å². The van der Waals surface area contributed by atoms with Gasteiger partial charge in [-0.3, -0.25) is 0 Å². The largest absolute Gasteiger partial charge is 0.391 e. The lowest BCUT2D eigenvalue weighted by atomic mass is 10.1. The summed E-state index contributed by atoms with van der Waals surface area (Å²) in [6.07, 6.45) is 5.35. The van der Waals surface area contributed by atoms with Gasteiger partial charge in [0.15, 0.2) is 5.13 Å². The topological polar surface area (TPSA) is 45.2 Å². The van der Waals surface area contributed by atoms with E-state index in [9.17, 15) is 5.11 Å². The number of aromatic nitrogens is 1. The molecule has 2 rings (SSSR count). The predicted molar refractivity (Wildman–Crippen MR) is 68.1 cm³/mol. The van der Waals surface area contributed by atoms with Gasteiger partial charge in [0.1, 0.15) is 0 Å². The average Bonchev–Trinajstić information content (AvgIpc) is 2.44. The molecular weight excluding hydrogens is 220 g/mol. The first-order chi connectivity index (χ1) is 7.66. The Kier molecular flexibility index (Phi) is 3.82. The number of aliphatic hydroxyl groups is 1. The maximum atomic E-state index is 10.0. The molecule has 1 aromatic rings. The molecule has 0 bridgehead atoms. The Labute approximate surface area is 101 Å². The summed E-state index contributed by atoms with van der Waals surface area (Å²) in [6, 6.07) is 0.187. The molecule has 0 aliphatic heterocycles. The number of rotatable bonds is 2. The SMILES string of the molecule is Cc1nc(NC2CCCCCC2O)sc1C. The third-order valence-electron chi connectivity index (χ3n) is 3.32. The Balaban J connectivity index is 2.01. The second-order valence-corrected chi connectivity index (χ2v) is 5.82. The van der Waals surface area contributed by atoms with E-state index in [1.54, 1.807) is 11.3 Å². The van der Waals surface area contributed by atoms with Gasteiger partial charge in [0.2, 0.25) is 0 Å². The number of aryl methyl sites for hydroxylation is 2. The standard InChI is InChI=1S/C12H20N2OS/c1-8-9(2)16-12(13-8)14-10-6-4-3-5-7-11(10)15/h10-11,15H,3-7H2,1-2H3,(H,13,14). The molecule has 1 saturated carbocycles. The van der Waals surface area contributed by atoms with Gasteiger partial charge in [0.05, 0.1) is 17.8 Å². The van der Waals surface area contributed by atoms with Gasteiger partial charge in [-0.25, -0.2) is 4.98 Å². The molecule has 3 nitrogen and oxygen atoms in total. The van der Waals surface area contributed by atoms with Crippen molar-refractivity contribution in [3.63, 3.8) is 0 Å². The molecule has 2 atom stereocenters. The summed E-state index contributed by atoms with van der Waals surface area (Å²) in [5.74, 6) is 0. The van der Waals surface area contributed by atoms with Crippen LogP contribution in [-0.4, -0.2) is 22.2 Å². The number of nitrogens with zero attached hydrogens (tertiary/aromatic N) is 1. The van der Waals surface area contributed by atoms with E-state index in [1.807, 2.05) is 6.92 Å². The summed E-state index contributed by atoms with van der Waals surface area (Å²) >= 11 is 1.68. The summed E-state index contributed by atoms with van der Waals surface area (Å²) in [7, 11) is 0. The number of hydrogen-bond acceptors (Lipinski definition) is 4. The summed E-state index contributed by atoms with van der Waals surface area (Å²) < 4.78 is 0. The zero-order valence-corrected chi connectivity index (χ0v) is 10.8. The molecule has 1 aliphatic rings. The first kappa shape index (κ1) is 11.9. The summed E-state index contributed by atoms with van der Waals surface area (Å²) in [5.41, 5.74) is 1.09. The third kappa shape index (κ3) is 2.74. The highest BCUT2D eigenvalue weighted by atomic mass is 32.1. The molecular formula is C12H20N2OS. The fourth-order valence-corrected chi connectivity index (χ4v) is 3.03. The minimum atomic E-state index is -0.216. The van der Waals surface area contributed by atoms with E-state index in [2.05, 4.69) is 17.2 Å². The molecule has 1 heterocycles. The van der Waals surface area contributed by atoms with Crippen LogP contribution in [0.5, 0.6) is 0 Å². The lowest BCUT2D eigenvalue weighted by Gasteiger charge is -2.21. The molecule has 0 saturated heterocycles. The smallest absolute Gasteiger partial charge is 0.183 e. The normalized spacial score (nSPS) is 26.4. The van der Waals surface area contributed by atoms with Crippen LogP contribution in [0.3, 0.4) is 0 Å². The second-order valence-electron chi connectivity index (χ2n) is 4.62. The highest BCUT2D eigenvalue weighted by Gasteiger charge is 2.22. The molecule has 0 spiro atoms. The molecule has 90 valence electrons. The van der Waals surface area contributed by atoms with Gasteiger partial charge in [-0.2, -0.15) is 0 Å². The molecule has 1 fully saturated rings. The lowest BCUT2D eigenvalue weighted by molar-refractivity contribution is 0.144. The number of nitrogens with one attached hydrogen (secondary N) is 1. The van der Waals surface area contributed by atoms with Gasteiger partial charge in [-0.05, 0) is 26.7 Å². The van der Waals surface area contributed by atoms with Gasteiger partial charge in [0, 0.05) is 4.88 Å². The third-order valence-corrected chi connectivity index (χ3v) is 4.32. The van der Waals surface area contributed by atoms with Crippen molar-refractivity contribution < 1.29 is 5.11 Å². The summed E-state index contributed by atoms with van der Waals surface area (Å²) in [5, 5.41) is 14.3. The molecule has 2 N–H and O–H groups in total. The van der Waals surface area contributed by atoms with Crippen LogP contribution in [-0.2, 0) is 0 Å². The molecule has 16 heavy (non-hydrogen) atoms. The minimum absolute atomic E-state index is 0.187. The van der Waals surface area contributed by atoms with Crippen LogP contribution in [0, 0.1) is 13.8 Å². The van der Waals surface area contributed by atoms with Gasteiger partial charge < -0.3 is 10.4 Å². The molecule has 0 radical (unpaired) electrons. The Morgan fingerprint density at radius 1 is 1.25 bits per heavy atom. The minimum Gasteiger partial charge on any atom is -0.391 e. The van der Waals surface area contributed by atoms with Crippen molar-refractivity contribution in [1.82, 2.24) is 4.98 Å². The molecule has 0 amide bonds. The molecule has 0 aromatic carbocycles. The van der Waals surface area contributed by atoms with Crippen LogP contribution >= 0.6 is 11.3 Å². The molecule has 1 aliphatic carbocycles. The number of thiazole rings is 1. The zero-order valence-electron chi connectivity index (χ0n) is 9.99. The van der Waals surface area contributed by atoms with Gasteiger partial charge in [0.25, 0.3) is 0 Å². The van der Waals surface area contributed by atoms with E-state index in [0.29, 0.717) is 0 Å². The van der Waals surface area contributed by atoms with Gasteiger partial charge >= 0.3 is 0 Å². The number of aliphatic hydroxyl groups excluding tert-OH is 1. The van der Waals surface area contributed by atoms with Crippen LogP contribution in [0.2, 0.25) is 0 Å². The van der Waals surface area contributed by atoms with Crippen molar-refractivity contribution in [3.8, 4) is 0 Å². The van der Waals surface area contributed by atoms with E-state index in [1.165, 1.54) is 17.7 Å². The maximum absolute atomic E-state index is 10.0. The van der Waals surface area contributed by atoms with E-state index in [-0.39, 0.29) is 12.1 Å².